The fraction of sp³-hybridized carbons (Fsp3) is 0.500. The van der Waals surface area contributed by atoms with Crippen molar-refractivity contribution in [1.29, 1.82) is 0 Å². The topological polar surface area (TPSA) is 17.1 Å². The van der Waals surface area contributed by atoms with Crippen molar-refractivity contribution in [1.82, 2.24) is 0 Å². The predicted octanol–water partition coefficient (Wildman–Crippen LogP) is 3.38. The van der Waals surface area contributed by atoms with Gasteiger partial charge in [0.25, 0.3) is 0 Å². The minimum absolute atomic E-state index is 0.234. The van der Waals surface area contributed by atoms with Gasteiger partial charge in [0.1, 0.15) is 0 Å². The molecule has 3 heteroatoms. The molecule has 0 fully saturated rings. The molecule has 1 aromatic rings. The van der Waals surface area contributed by atoms with Crippen LogP contribution in [-0.2, 0) is 0 Å². The van der Waals surface area contributed by atoms with Crippen LogP contribution in [0.25, 0.3) is 0 Å². The third-order valence-corrected chi connectivity index (χ3v) is 4.23. The Morgan fingerprint density at radius 2 is 2.08 bits per heavy atom. The molecule has 0 unspecified atom stereocenters. The van der Waals surface area contributed by atoms with Crippen LogP contribution in [0.4, 0.5) is 0 Å². The molecule has 0 saturated heterocycles. The summed E-state index contributed by atoms with van der Waals surface area (Å²) < 4.78 is -0.294. The van der Waals surface area contributed by atoms with Crippen molar-refractivity contribution >= 4 is 28.9 Å². The highest BCUT2D eigenvalue weighted by Crippen LogP contribution is 2.29. The predicted molar refractivity (Wildman–Crippen MR) is 61.0 cm³/mol. The molecule has 0 atom stereocenters. The van der Waals surface area contributed by atoms with Gasteiger partial charge >= 0.3 is 0 Å². The highest BCUT2D eigenvalue weighted by Gasteiger charge is 2.28. The number of Topliss-reactive ketones (excluding diaryl/α,β-unsaturated/α-hetero) is 1. The van der Waals surface area contributed by atoms with E-state index in [1.807, 2.05) is 39.2 Å². The maximum atomic E-state index is 11.9. The van der Waals surface area contributed by atoms with Crippen LogP contribution in [0.1, 0.15) is 28.4 Å². The Balaban J connectivity index is 2.91. The maximum Gasteiger partial charge on any atom is 0.188 e. The number of hydrogen-bond acceptors (Lipinski definition) is 3. The largest absolute Gasteiger partial charge is 0.292 e. The Kier molecular flexibility index (Phi) is 3.19. The third-order valence-electron chi connectivity index (χ3n) is 2.02. The molecule has 0 saturated carbocycles. The monoisotopic (exact) mass is 214 g/mol. The summed E-state index contributed by atoms with van der Waals surface area (Å²) >= 11 is 3.17. The van der Waals surface area contributed by atoms with E-state index < -0.39 is 0 Å². The van der Waals surface area contributed by atoms with Gasteiger partial charge in [0.05, 0.1) is 9.62 Å². The van der Waals surface area contributed by atoms with Gasteiger partial charge < -0.3 is 0 Å². The number of hydrogen-bond donors (Lipinski definition) is 0. The van der Waals surface area contributed by atoms with Gasteiger partial charge in [-0.15, -0.1) is 11.3 Å². The minimum Gasteiger partial charge on any atom is -0.292 e. The lowest BCUT2D eigenvalue weighted by atomic mass is 10.1. The smallest absolute Gasteiger partial charge is 0.188 e. The summed E-state index contributed by atoms with van der Waals surface area (Å²) in [6, 6.07) is 3.91. The van der Waals surface area contributed by atoms with Crippen molar-refractivity contribution in [2.45, 2.75) is 25.5 Å². The summed E-state index contributed by atoms with van der Waals surface area (Å²) in [5.41, 5.74) is 0. The molecule has 72 valence electrons. The number of carbonyl (C=O) groups is 1. The van der Waals surface area contributed by atoms with E-state index in [9.17, 15) is 4.79 Å². The fourth-order valence-corrected chi connectivity index (χ4v) is 2.27. The molecule has 0 spiro atoms. The van der Waals surface area contributed by atoms with Crippen LogP contribution in [0.2, 0.25) is 0 Å². The normalized spacial score (nSPS) is 11.7. The van der Waals surface area contributed by atoms with Gasteiger partial charge in [-0.25, -0.2) is 0 Å². The van der Waals surface area contributed by atoms with Crippen LogP contribution in [0.3, 0.4) is 0 Å². The Hall–Kier alpha value is -0.280. The first-order valence-electron chi connectivity index (χ1n) is 4.14. The standard InChI is InChI=1S/C10H14OS2/c1-7-5-6-8(13-7)9(11)10(2,3)12-4/h5-6H,1-4H3. The molecule has 0 N–H and O–H groups in total. The lowest BCUT2D eigenvalue weighted by Crippen LogP contribution is -2.26. The molecule has 1 aromatic heterocycles. The van der Waals surface area contributed by atoms with Gasteiger partial charge in [0, 0.05) is 4.88 Å². The number of carbonyl (C=O) groups excluding carboxylic acids is 1. The summed E-state index contributed by atoms with van der Waals surface area (Å²) in [4.78, 5) is 14.0. The molecule has 13 heavy (non-hydrogen) atoms. The van der Waals surface area contributed by atoms with Crippen molar-refractivity contribution in [3.8, 4) is 0 Å². The van der Waals surface area contributed by atoms with Crippen LogP contribution >= 0.6 is 23.1 Å². The highest BCUT2D eigenvalue weighted by molar-refractivity contribution is 8.00. The third kappa shape index (κ3) is 2.35. The average molecular weight is 214 g/mol. The van der Waals surface area contributed by atoms with Gasteiger partial charge in [-0.05, 0) is 39.2 Å². The first-order valence-corrected chi connectivity index (χ1v) is 6.18. The molecular formula is C10H14OS2. The molecule has 0 aliphatic rings. The summed E-state index contributed by atoms with van der Waals surface area (Å²) in [6.45, 7) is 5.96. The van der Waals surface area contributed by atoms with Crippen LogP contribution in [0.5, 0.6) is 0 Å². The average Bonchev–Trinajstić information content (AvgIpc) is 2.50. The molecule has 1 heterocycles. The molecule has 0 aromatic carbocycles. The quantitative estimate of drug-likeness (QED) is 0.717. The van der Waals surface area contributed by atoms with Crippen molar-refractivity contribution in [3.63, 3.8) is 0 Å². The van der Waals surface area contributed by atoms with E-state index in [0.717, 1.165) is 4.88 Å². The first-order chi connectivity index (χ1) is 5.97. The van der Waals surface area contributed by atoms with E-state index in [1.165, 1.54) is 4.88 Å². The van der Waals surface area contributed by atoms with Gasteiger partial charge in [-0.3, -0.25) is 4.79 Å². The van der Waals surface area contributed by atoms with Crippen molar-refractivity contribution in [2.24, 2.45) is 0 Å². The molecule has 0 radical (unpaired) electrons. The Labute approximate surface area is 87.5 Å². The zero-order chi connectivity index (χ0) is 10.1. The summed E-state index contributed by atoms with van der Waals surface area (Å²) in [6.07, 6.45) is 1.97. The second-order valence-electron chi connectivity index (χ2n) is 3.45. The zero-order valence-corrected chi connectivity index (χ0v) is 10.0. The van der Waals surface area contributed by atoms with Gasteiger partial charge in [-0.2, -0.15) is 11.8 Å². The van der Waals surface area contributed by atoms with Gasteiger partial charge in [0.2, 0.25) is 0 Å². The first kappa shape index (κ1) is 10.8. The summed E-state index contributed by atoms with van der Waals surface area (Å²) in [5.74, 6) is 0.234. The van der Waals surface area contributed by atoms with Crippen molar-refractivity contribution < 1.29 is 4.79 Å². The lowest BCUT2D eigenvalue weighted by molar-refractivity contribution is 0.0962. The Morgan fingerprint density at radius 3 is 2.46 bits per heavy atom. The molecule has 0 bridgehead atoms. The second-order valence-corrected chi connectivity index (χ2v) is 6.17. The van der Waals surface area contributed by atoms with Gasteiger partial charge in [-0.1, -0.05) is 0 Å². The van der Waals surface area contributed by atoms with E-state index in [0.29, 0.717) is 0 Å². The highest BCUT2D eigenvalue weighted by atomic mass is 32.2. The number of thiophene rings is 1. The Bertz CT molecular complexity index is 312. The second kappa shape index (κ2) is 3.84. The molecule has 0 amide bonds. The number of thioether (sulfide) groups is 1. The van der Waals surface area contributed by atoms with Crippen LogP contribution in [0.15, 0.2) is 12.1 Å². The number of ketones is 1. The number of rotatable bonds is 3. The number of aryl methyl sites for hydroxylation is 1. The summed E-state index contributed by atoms with van der Waals surface area (Å²) in [5, 5.41) is 0. The van der Waals surface area contributed by atoms with Crippen LogP contribution in [0, 0.1) is 6.92 Å². The van der Waals surface area contributed by atoms with Crippen molar-refractivity contribution in [3.05, 3.63) is 21.9 Å². The van der Waals surface area contributed by atoms with E-state index in [-0.39, 0.29) is 10.5 Å². The van der Waals surface area contributed by atoms with Crippen LogP contribution < -0.4 is 0 Å². The fourth-order valence-electron chi connectivity index (χ4n) is 0.946. The Morgan fingerprint density at radius 1 is 1.46 bits per heavy atom. The van der Waals surface area contributed by atoms with E-state index in [4.69, 9.17) is 0 Å². The zero-order valence-electron chi connectivity index (χ0n) is 8.38. The van der Waals surface area contributed by atoms with Crippen LogP contribution in [-0.4, -0.2) is 16.8 Å². The molecule has 0 aliphatic carbocycles. The van der Waals surface area contributed by atoms with E-state index in [1.54, 1.807) is 23.1 Å². The van der Waals surface area contributed by atoms with Gasteiger partial charge in [0.15, 0.2) is 5.78 Å². The molecule has 1 nitrogen and oxygen atoms in total. The minimum atomic E-state index is -0.294. The molecule has 0 aliphatic heterocycles. The SMILES string of the molecule is CSC(C)(C)C(=O)c1ccc(C)s1. The van der Waals surface area contributed by atoms with E-state index in [2.05, 4.69) is 0 Å². The molecule has 1 rings (SSSR count). The van der Waals surface area contributed by atoms with Crippen molar-refractivity contribution in [2.75, 3.05) is 6.26 Å². The molecular weight excluding hydrogens is 200 g/mol. The maximum absolute atomic E-state index is 11.9. The lowest BCUT2D eigenvalue weighted by Gasteiger charge is -2.18. The van der Waals surface area contributed by atoms with E-state index >= 15 is 0 Å². The summed E-state index contributed by atoms with van der Waals surface area (Å²) in [7, 11) is 0.